The lowest BCUT2D eigenvalue weighted by atomic mass is 9.91. The molecule has 1 aromatic heterocycles. The van der Waals surface area contributed by atoms with E-state index in [1.807, 2.05) is 29.2 Å². The molecule has 1 fully saturated rings. The Bertz CT molecular complexity index is 1060. The first-order chi connectivity index (χ1) is 14.3. The second kappa shape index (κ2) is 8.50. The standard InChI is InChI=1S/C26H29BrN2O/c1-16(2)19-5-7-20(8-6-19)25-13-23(22-12-21(27)9-10-24(22)28-25)26(30)29-14-17(3)11-18(4)15-29/h5-10,12-13,16-18H,11,14-15H2,1-4H3/t17-,18-/m0/s1. The third-order valence-electron chi connectivity index (χ3n) is 6.03. The molecule has 30 heavy (non-hydrogen) atoms. The third-order valence-corrected chi connectivity index (χ3v) is 6.52. The van der Waals surface area contributed by atoms with Gasteiger partial charge in [0.15, 0.2) is 0 Å². The van der Waals surface area contributed by atoms with E-state index < -0.39 is 0 Å². The van der Waals surface area contributed by atoms with Gasteiger partial charge in [-0.1, -0.05) is 67.9 Å². The number of aromatic nitrogens is 1. The average Bonchev–Trinajstić information content (AvgIpc) is 2.72. The van der Waals surface area contributed by atoms with E-state index in [1.54, 1.807) is 0 Å². The van der Waals surface area contributed by atoms with E-state index in [4.69, 9.17) is 4.98 Å². The van der Waals surface area contributed by atoms with E-state index in [-0.39, 0.29) is 5.91 Å². The number of piperidine rings is 1. The van der Waals surface area contributed by atoms with Gasteiger partial charge in [0.05, 0.1) is 16.8 Å². The number of hydrogen-bond acceptors (Lipinski definition) is 2. The van der Waals surface area contributed by atoms with Crippen LogP contribution in [0.1, 0.15) is 56.0 Å². The maximum atomic E-state index is 13.6. The van der Waals surface area contributed by atoms with E-state index >= 15 is 0 Å². The lowest BCUT2D eigenvalue weighted by molar-refractivity contribution is 0.0625. The zero-order valence-electron chi connectivity index (χ0n) is 18.2. The lowest BCUT2D eigenvalue weighted by Crippen LogP contribution is -2.42. The van der Waals surface area contributed by atoms with E-state index in [9.17, 15) is 4.79 Å². The molecule has 0 radical (unpaired) electrons. The second-order valence-electron chi connectivity index (χ2n) is 9.15. The summed E-state index contributed by atoms with van der Waals surface area (Å²) in [5.74, 6) is 1.65. The fraction of sp³-hybridized carbons (Fsp3) is 0.385. The minimum absolute atomic E-state index is 0.110. The minimum atomic E-state index is 0.110. The van der Waals surface area contributed by atoms with Crippen molar-refractivity contribution in [3.05, 3.63) is 64.1 Å². The molecule has 1 amide bonds. The Labute approximate surface area is 187 Å². The van der Waals surface area contributed by atoms with Crippen molar-refractivity contribution in [2.24, 2.45) is 11.8 Å². The van der Waals surface area contributed by atoms with Gasteiger partial charge >= 0.3 is 0 Å². The Morgan fingerprint density at radius 3 is 2.33 bits per heavy atom. The van der Waals surface area contributed by atoms with E-state index in [0.717, 1.165) is 45.3 Å². The van der Waals surface area contributed by atoms with Gasteiger partial charge in [0.1, 0.15) is 0 Å². The van der Waals surface area contributed by atoms with E-state index in [2.05, 4.69) is 67.9 Å². The number of carbonyl (C=O) groups is 1. The lowest BCUT2D eigenvalue weighted by Gasteiger charge is -2.35. The van der Waals surface area contributed by atoms with Gasteiger partial charge < -0.3 is 4.90 Å². The number of amides is 1. The molecule has 0 bridgehead atoms. The molecule has 0 saturated carbocycles. The van der Waals surface area contributed by atoms with Gasteiger partial charge in [-0.3, -0.25) is 4.79 Å². The average molecular weight is 465 g/mol. The smallest absolute Gasteiger partial charge is 0.254 e. The first kappa shape index (κ1) is 21.0. The Morgan fingerprint density at radius 1 is 1.03 bits per heavy atom. The van der Waals surface area contributed by atoms with Crippen molar-refractivity contribution in [3.63, 3.8) is 0 Å². The van der Waals surface area contributed by atoms with Gasteiger partial charge in [-0.05, 0) is 54.0 Å². The summed E-state index contributed by atoms with van der Waals surface area (Å²) in [6.45, 7) is 10.5. The predicted molar refractivity (Wildman–Crippen MR) is 128 cm³/mol. The molecule has 156 valence electrons. The first-order valence-electron chi connectivity index (χ1n) is 10.8. The van der Waals surface area contributed by atoms with Crippen molar-refractivity contribution >= 4 is 32.7 Å². The Balaban J connectivity index is 1.81. The summed E-state index contributed by atoms with van der Waals surface area (Å²) in [4.78, 5) is 20.5. The van der Waals surface area contributed by atoms with Crippen molar-refractivity contribution in [1.29, 1.82) is 0 Å². The van der Waals surface area contributed by atoms with Crippen LogP contribution >= 0.6 is 15.9 Å². The Morgan fingerprint density at radius 2 is 1.70 bits per heavy atom. The molecule has 2 aromatic carbocycles. The third kappa shape index (κ3) is 4.29. The Hall–Kier alpha value is -2.20. The van der Waals surface area contributed by atoms with Crippen molar-refractivity contribution in [2.75, 3.05) is 13.1 Å². The fourth-order valence-corrected chi connectivity index (χ4v) is 4.92. The largest absolute Gasteiger partial charge is 0.338 e. The van der Waals surface area contributed by atoms with Crippen molar-refractivity contribution in [1.82, 2.24) is 9.88 Å². The Kier molecular flexibility index (Phi) is 5.97. The van der Waals surface area contributed by atoms with Gasteiger partial charge in [0.25, 0.3) is 5.91 Å². The molecule has 0 unspecified atom stereocenters. The fourth-order valence-electron chi connectivity index (χ4n) is 4.56. The molecule has 1 aliphatic heterocycles. The maximum Gasteiger partial charge on any atom is 0.254 e. The monoisotopic (exact) mass is 464 g/mol. The summed E-state index contributed by atoms with van der Waals surface area (Å²) >= 11 is 3.56. The molecular weight excluding hydrogens is 436 g/mol. The zero-order chi connectivity index (χ0) is 21.4. The van der Waals surface area contributed by atoms with Crippen molar-refractivity contribution in [2.45, 2.75) is 40.0 Å². The SMILES string of the molecule is CC(C)c1ccc(-c2cc(C(=O)N3C[C@@H](C)C[C@H](C)C3)c3cc(Br)ccc3n2)cc1. The quantitative estimate of drug-likeness (QED) is 0.421. The molecule has 2 heterocycles. The number of benzene rings is 2. The first-order valence-corrected chi connectivity index (χ1v) is 11.6. The van der Waals surface area contributed by atoms with Gasteiger partial charge in [-0.2, -0.15) is 0 Å². The summed E-state index contributed by atoms with van der Waals surface area (Å²) in [5, 5.41) is 0.905. The summed E-state index contributed by atoms with van der Waals surface area (Å²) in [5.41, 5.74) is 4.78. The highest BCUT2D eigenvalue weighted by Gasteiger charge is 2.27. The topological polar surface area (TPSA) is 33.2 Å². The number of carbonyl (C=O) groups excluding carboxylic acids is 1. The molecule has 3 nitrogen and oxygen atoms in total. The van der Waals surface area contributed by atoms with Crippen LogP contribution < -0.4 is 0 Å². The second-order valence-corrected chi connectivity index (χ2v) is 10.1. The summed E-state index contributed by atoms with van der Waals surface area (Å²) in [6, 6.07) is 16.5. The number of rotatable bonds is 3. The molecule has 3 aromatic rings. The molecule has 1 saturated heterocycles. The summed E-state index contributed by atoms with van der Waals surface area (Å²) in [6.07, 6.45) is 1.18. The highest BCUT2D eigenvalue weighted by atomic mass is 79.9. The van der Waals surface area contributed by atoms with E-state index in [1.165, 1.54) is 12.0 Å². The van der Waals surface area contributed by atoms with E-state index in [0.29, 0.717) is 17.8 Å². The van der Waals surface area contributed by atoms with Crippen molar-refractivity contribution < 1.29 is 4.79 Å². The number of nitrogens with zero attached hydrogens (tertiary/aromatic N) is 2. The van der Waals surface area contributed by atoms with Crippen LogP contribution in [0.4, 0.5) is 0 Å². The highest BCUT2D eigenvalue weighted by molar-refractivity contribution is 9.10. The number of likely N-dealkylation sites (tertiary alicyclic amines) is 1. The van der Waals surface area contributed by atoms with Crippen LogP contribution in [0.15, 0.2) is 53.0 Å². The molecule has 0 N–H and O–H groups in total. The molecule has 1 aliphatic rings. The maximum absolute atomic E-state index is 13.6. The van der Waals surface area contributed by atoms with Crippen molar-refractivity contribution in [3.8, 4) is 11.3 Å². The minimum Gasteiger partial charge on any atom is -0.338 e. The van der Waals surface area contributed by atoms with Gasteiger partial charge in [0, 0.05) is 28.5 Å². The van der Waals surface area contributed by atoms with Crippen LogP contribution in [-0.2, 0) is 0 Å². The normalized spacial score (nSPS) is 19.5. The van der Waals surface area contributed by atoms with Crippen LogP contribution in [0.25, 0.3) is 22.2 Å². The molecule has 2 atom stereocenters. The van der Waals surface area contributed by atoms with Crippen LogP contribution in [-0.4, -0.2) is 28.9 Å². The molecule has 4 rings (SSSR count). The molecular formula is C26H29BrN2O. The van der Waals surface area contributed by atoms with Crippen LogP contribution in [0.3, 0.4) is 0 Å². The number of fused-ring (bicyclic) bond motifs is 1. The predicted octanol–water partition coefficient (Wildman–Crippen LogP) is 6.91. The van der Waals surface area contributed by atoms with Crippen LogP contribution in [0, 0.1) is 11.8 Å². The van der Waals surface area contributed by atoms with Crippen LogP contribution in [0.2, 0.25) is 0 Å². The highest BCUT2D eigenvalue weighted by Crippen LogP contribution is 2.30. The summed E-state index contributed by atoms with van der Waals surface area (Å²) in [7, 11) is 0. The van der Waals surface area contributed by atoms with Gasteiger partial charge in [-0.15, -0.1) is 0 Å². The zero-order valence-corrected chi connectivity index (χ0v) is 19.7. The molecule has 0 spiro atoms. The van der Waals surface area contributed by atoms with Gasteiger partial charge in [0.2, 0.25) is 0 Å². The summed E-state index contributed by atoms with van der Waals surface area (Å²) < 4.78 is 0.959. The molecule has 4 heteroatoms. The van der Waals surface area contributed by atoms with Crippen LogP contribution in [0.5, 0.6) is 0 Å². The number of pyridine rings is 1. The van der Waals surface area contributed by atoms with Gasteiger partial charge in [-0.25, -0.2) is 4.98 Å². The number of hydrogen-bond donors (Lipinski definition) is 0. The number of halogens is 1. The molecule has 0 aliphatic carbocycles.